The van der Waals surface area contributed by atoms with Crippen molar-refractivity contribution in [1.29, 1.82) is 0 Å². The first-order valence-corrected chi connectivity index (χ1v) is 34.3. The van der Waals surface area contributed by atoms with Gasteiger partial charge < -0.3 is 76.7 Å². The smallest absolute Gasteiger partial charge is 0.217 e. The van der Waals surface area contributed by atoms with Gasteiger partial charge in [0.2, 0.25) is 5.91 Å². The molecule has 0 spiro atoms. The quantitative estimate of drug-likeness (QED) is 0.0383. The lowest BCUT2D eigenvalue weighted by Crippen LogP contribution is -2.69. The molecule has 3 saturated heterocycles. The van der Waals surface area contributed by atoms with Gasteiger partial charge in [-0.2, -0.15) is 0 Å². The van der Waals surface area contributed by atoms with Crippen molar-refractivity contribution in [2.45, 2.75) is 158 Å². The molecular formula is C83H89NO16. The zero-order chi connectivity index (χ0) is 68.3. The third-order valence-corrected chi connectivity index (χ3v) is 17.7. The van der Waals surface area contributed by atoms with Crippen LogP contribution in [0.2, 0.25) is 0 Å². The fourth-order valence-corrected chi connectivity index (χ4v) is 12.7. The highest BCUT2D eigenvalue weighted by Gasteiger charge is 2.57. The molecule has 100 heavy (non-hydrogen) atoms. The largest absolute Gasteiger partial charge is 0.374 e. The van der Waals surface area contributed by atoms with Crippen LogP contribution in [0.15, 0.2) is 273 Å². The van der Waals surface area contributed by atoms with E-state index in [1.807, 2.05) is 273 Å². The lowest BCUT2D eigenvalue weighted by atomic mass is 9.94. The number of aliphatic hydroxyl groups excluding tert-OH is 1. The van der Waals surface area contributed by atoms with Gasteiger partial charge in [-0.15, -0.1) is 0 Å². The van der Waals surface area contributed by atoms with Crippen LogP contribution in [0, 0.1) is 0 Å². The molecule has 1 amide bonds. The van der Waals surface area contributed by atoms with Gasteiger partial charge in [0.05, 0.1) is 79.3 Å². The predicted molar refractivity (Wildman–Crippen MR) is 374 cm³/mol. The van der Waals surface area contributed by atoms with Crippen LogP contribution in [0.25, 0.3) is 0 Å². The fraction of sp³-hybridized carbons (Fsp3) is 0.337. The highest BCUT2D eigenvalue weighted by molar-refractivity contribution is 5.73. The Bertz CT molecular complexity index is 3730. The third-order valence-electron chi connectivity index (χ3n) is 17.7. The molecule has 17 heteroatoms. The van der Waals surface area contributed by atoms with Crippen LogP contribution < -0.4 is 5.32 Å². The highest BCUT2D eigenvalue weighted by atomic mass is 16.8. The first-order chi connectivity index (χ1) is 49.3. The molecule has 0 aromatic heterocycles. The van der Waals surface area contributed by atoms with Gasteiger partial charge in [0.1, 0.15) is 73.2 Å². The number of benzene rings is 9. The summed E-state index contributed by atoms with van der Waals surface area (Å²) in [5.74, 6) is -0.427. The summed E-state index contributed by atoms with van der Waals surface area (Å²) in [5.41, 5.74) is 8.15. The molecule has 3 aliphatic rings. The molecule has 9 aromatic carbocycles. The van der Waals surface area contributed by atoms with Gasteiger partial charge in [-0.3, -0.25) is 4.79 Å². The van der Waals surface area contributed by atoms with E-state index in [0.29, 0.717) is 0 Å². The number of carbonyl (C=O) groups is 1. The summed E-state index contributed by atoms with van der Waals surface area (Å²) in [5, 5.41) is 15.0. The van der Waals surface area contributed by atoms with Crippen molar-refractivity contribution >= 4 is 5.91 Å². The minimum absolute atomic E-state index is 0.0592. The predicted octanol–water partition coefficient (Wildman–Crippen LogP) is 12.6. The van der Waals surface area contributed by atoms with Gasteiger partial charge in [0.15, 0.2) is 18.9 Å². The van der Waals surface area contributed by atoms with Crippen molar-refractivity contribution in [2.75, 3.05) is 19.8 Å². The molecular weight excluding hydrogens is 1270 g/mol. The third kappa shape index (κ3) is 21.0. The van der Waals surface area contributed by atoms with Crippen LogP contribution in [-0.4, -0.2) is 123 Å². The SMILES string of the molecule is CC(=O)N[C@@H]1[C@@H](OCc2ccccc2)[C@H](O[C@@H]2O[C@H](COCc3ccccc3)[C@H](O[C@H]3O[C@H](COCc4ccccc4)[C@H](OCc4ccccc4)[C@H](OCc4ccccc4)[C@H]3OCc3ccccc3)[C@H](OCc3ccccc3)[C@H]2OCc2ccccc2)[C@@H](COCc2ccccc2)O[C@H]1O. The Balaban J connectivity index is 0.978. The lowest BCUT2D eigenvalue weighted by molar-refractivity contribution is -0.389. The van der Waals surface area contributed by atoms with E-state index >= 15 is 0 Å². The van der Waals surface area contributed by atoms with Crippen molar-refractivity contribution < 1.29 is 76.2 Å². The number of amides is 1. The average molecular weight is 1360 g/mol. The van der Waals surface area contributed by atoms with E-state index in [9.17, 15) is 9.90 Å². The van der Waals surface area contributed by atoms with E-state index < -0.39 is 98.0 Å². The average Bonchev–Trinajstić information content (AvgIpc) is 0.769. The maximum absolute atomic E-state index is 13.3. The van der Waals surface area contributed by atoms with Crippen molar-refractivity contribution in [3.8, 4) is 0 Å². The molecule has 3 aliphatic heterocycles. The van der Waals surface area contributed by atoms with E-state index in [1.165, 1.54) is 6.92 Å². The van der Waals surface area contributed by atoms with Crippen LogP contribution in [-0.2, 0) is 131 Å². The summed E-state index contributed by atoms with van der Waals surface area (Å²) in [7, 11) is 0. The van der Waals surface area contributed by atoms with E-state index in [2.05, 4.69) is 5.32 Å². The molecule has 3 fully saturated rings. The van der Waals surface area contributed by atoms with E-state index in [0.717, 1.165) is 50.1 Å². The van der Waals surface area contributed by atoms with Crippen molar-refractivity contribution in [2.24, 2.45) is 0 Å². The van der Waals surface area contributed by atoms with E-state index in [-0.39, 0.29) is 79.3 Å². The molecule has 522 valence electrons. The molecule has 15 atom stereocenters. The number of aliphatic hydroxyl groups is 1. The van der Waals surface area contributed by atoms with Gasteiger partial charge in [0, 0.05) is 6.92 Å². The molecule has 17 nitrogen and oxygen atoms in total. The van der Waals surface area contributed by atoms with E-state index in [4.69, 9.17) is 66.3 Å². The Morgan fingerprint density at radius 3 is 0.830 bits per heavy atom. The monoisotopic (exact) mass is 1360 g/mol. The molecule has 0 bridgehead atoms. The second kappa shape index (κ2) is 38.0. The number of ether oxygens (including phenoxy) is 14. The summed E-state index contributed by atoms with van der Waals surface area (Å²) in [4.78, 5) is 13.3. The molecule has 0 radical (unpaired) electrons. The minimum atomic E-state index is -1.56. The van der Waals surface area contributed by atoms with Crippen LogP contribution in [0.5, 0.6) is 0 Å². The Morgan fingerprint density at radius 1 is 0.300 bits per heavy atom. The topological polar surface area (TPSA) is 179 Å². The molecule has 0 aliphatic carbocycles. The normalized spacial score (nSPS) is 25.2. The summed E-state index contributed by atoms with van der Waals surface area (Å²) in [6, 6.07) is 87.7. The molecule has 0 unspecified atom stereocenters. The van der Waals surface area contributed by atoms with E-state index in [1.54, 1.807) is 0 Å². The summed E-state index contributed by atoms with van der Waals surface area (Å²) < 4.78 is 100. The number of nitrogens with one attached hydrogen (secondary N) is 1. The second-order valence-electron chi connectivity index (χ2n) is 25.1. The first kappa shape index (κ1) is 71.7. The van der Waals surface area contributed by atoms with Gasteiger partial charge in [-0.25, -0.2) is 0 Å². The molecule has 0 saturated carbocycles. The van der Waals surface area contributed by atoms with Gasteiger partial charge in [-0.1, -0.05) is 273 Å². The van der Waals surface area contributed by atoms with Crippen LogP contribution in [0.3, 0.4) is 0 Å². The molecule has 12 rings (SSSR count). The maximum atomic E-state index is 13.3. The zero-order valence-corrected chi connectivity index (χ0v) is 56.2. The first-order valence-electron chi connectivity index (χ1n) is 34.3. The van der Waals surface area contributed by atoms with Crippen LogP contribution in [0.4, 0.5) is 0 Å². The highest BCUT2D eigenvalue weighted by Crippen LogP contribution is 2.39. The van der Waals surface area contributed by atoms with Crippen LogP contribution >= 0.6 is 0 Å². The number of rotatable bonds is 35. The minimum Gasteiger partial charge on any atom is -0.374 e. The molecule has 3 heterocycles. The Kier molecular flexibility index (Phi) is 27.3. The number of hydrogen-bond acceptors (Lipinski definition) is 16. The summed E-state index contributed by atoms with van der Waals surface area (Å²) in [6.45, 7) is 2.72. The lowest BCUT2D eigenvalue weighted by Gasteiger charge is -2.51. The molecule has 9 aromatic rings. The van der Waals surface area contributed by atoms with Gasteiger partial charge >= 0.3 is 0 Å². The van der Waals surface area contributed by atoms with Gasteiger partial charge in [0.25, 0.3) is 0 Å². The van der Waals surface area contributed by atoms with Gasteiger partial charge in [-0.05, 0) is 50.1 Å². The maximum Gasteiger partial charge on any atom is 0.217 e. The Morgan fingerprint density at radius 2 is 0.530 bits per heavy atom. The number of hydrogen-bond donors (Lipinski definition) is 2. The van der Waals surface area contributed by atoms with Crippen LogP contribution in [0.1, 0.15) is 57.0 Å². The zero-order valence-electron chi connectivity index (χ0n) is 56.2. The second-order valence-corrected chi connectivity index (χ2v) is 25.1. The Labute approximate surface area is 586 Å². The van der Waals surface area contributed by atoms with Crippen molar-refractivity contribution in [1.82, 2.24) is 5.32 Å². The Hall–Kier alpha value is -8.15. The summed E-state index contributed by atoms with van der Waals surface area (Å²) >= 11 is 0. The number of carbonyl (C=O) groups excluding carboxylic acids is 1. The molecule has 2 N–H and O–H groups in total. The van der Waals surface area contributed by atoms with Crippen molar-refractivity contribution in [3.63, 3.8) is 0 Å². The van der Waals surface area contributed by atoms with Crippen molar-refractivity contribution in [3.05, 3.63) is 323 Å². The fourth-order valence-electron chi connectivity index (χ4n) is 12.7. The summed E-state index contributed by atoms with van der Waals surface area (Å²) in [6.07, 6.45) is -15.4. The standard InChI is InChI=1S/C83H89NO16/c1-59(85)84-72-76(91-51-64-37-19-6-20-38-64)74(70(96-81(72)86)57-88-48-61-31-13-3-14-32-61)99-83-80(95-55-68-45-27-10-28-46-68)78(93-53-66-41-23-8-24-42-66)75(71(98-83)58-89-49-62-33-15-4-16-34-62)100-82-79(94-54-67-43-25-9-26-44-67)77(92-52-65-39-21-7-22-40-65)73(90-50-63-35-17-5-18-36-63)69(97-82)56-87-47-60-29-11-2-12-30-60/h2-46,69-83,86H,47-58H2,1H3,(H,84,85)/t69-,70-,71-,72-,73+,74-,75+,76-,77+,78+,79-,80-,81-,82-,83+/m1/s1.